The Morgan fingerprint density at radius 2 is 1.89 bits per heavy atom. The molecule has 0 aliphatic heterocycles. The smallest absolute Gasteiger partial charge is 0.288 e. The molecule has 0 aliphatic carbocycles. The molecular weight excluding hydrogens is 378 g/mol. The first-order valence-corrected chi connectivity index (χ1v) is 7.84. The van der Waals surface area contributed by atoms with E-state index in [1.54, 1.807) is 6.92 Å². The minimum atomic E-state index is -2.94. The van der Waals surface area contributed by atoms with Gasteiger partial charge in [-0.15, -0.1) is 0 Å². The van der Waals surface area contributed by atoms with Crippen LogP contribution in [0.15, 0.2) is 27.8 Å². The molecule has 3 aromatic rings. The summed E-state index contributed by atoms with van der Waals surface area (Å²) in [5, 5.41) is 16.3. The van der Waals surface area contributed by atoms with Gasteiger partial charge in [0.25, 0.3) is 17.9 Å². The maximum absolute atomic E-state index is 13.5. The zero-order chi connectivity index (χ0) is 20.6. The molecule has 0 saturated heterocycles. The third kappa shape index (κ3) is 3.28. The molecule has 146 valence electrons. The highest BCUT2D eigenvalue weighted by Gasteiger charge is 2.24. The van der Waals surface area contributed by atoms with Gasteiger partial charge in [-0.05, 0) is 29.5 Å². The van der Waals surface area contributed by atoms with Gasteiger partial charge >= 0.3 is 5.69 Å². The minimum Gasteiger partial charge on any atom is -0.288 e. The Morgan fingerprint density at radius 1 is 1.18 bits per heavy atom. The number of hydrogen-bond acceptors (Lipinski definition) is 7. The van der Waals surface area contributed by atoms with E-state index in [1.165, 1.54) is 26.2 Å². The van der Waals surface area contributed by atoms with Crippen molar-refractivity contribution in [1.29, 1.82) is 0 Å². The standard InChI is InChI=1S/C15H14F2N8O3/c1-7-4-5-9(8(6-7)11(16)17)25-13(27)10(20-24(3)15(25)28)12(26)18-14-19-21-22-23(14)2/h4-6,11H,1-3H3,(H,18,19,22,26). The predicted molar refractivity (Wildman–Crippen MR) is 91.5 cm³/mol. The molecule has 1 N–H and O–H groups in total. The van der Waals surface area contributed by atoms with Crippen molar-refractivity contribution < 1.29 is 13.6 Å². The summed E-state index contributed by atoms with van der Waals surface area (Å²) in [7, 11) is 2.64. The molecule has 3 rings (SSSR count). The van der Waals surface area contributed by atoms with Gasteiger partial charge in [0.1, 0.15) is 0 Å². The highest BCUT2D eigenvalue weighted by atomic mass is 19.3. The van der Waals surface area contributed by atoms with Crippen molar-refractivity contribution in [1.82, 2.24) is 34.6 Å². The van der Waals surface area contributed by atoms with Crippen LogP contribution in [0.4, 0.5) is 14.7 Å². The number of amides is 1. The van der Waals surface area contributed by atoms with Crippen LogP contribution in [-0.4, -0.2) is 40.5 Å². The number of hydrogen-bond donors (Lipinski definition) is 1. The minimum absolute atomic E-state index is 0.0739. The summed E-state index contributed by atoms with van der Waals surface area (Å²) in [6.45, 7) is 1.59. The fourth-order valence-corrected chi connectivity index (χ4v) is 2.48. The highest BCUT2D eigenvalue weighted by Crippen LogP contribution is 2.25. The number of tetrazole rings is 1. The van der Waals surface area contributed by atoms with Crippen LogP contribution < -0.4 is 16.6 Å². The van der Waals surface area contributed by atoms with Crippen molar-refractivity contribution in [2.45, 2.75) is 13.3 Å². The Kier molecular flexibility index (Phi) is 4.81. The average Bonchev–Trinajstić information content (AvgIpc) is 3.03. The molecule has 13 heteroatoms. The first-order valence-electron chi connectivity index (χ1n) is 7.84. The number of halogens is 2. The third-order valence-electron chi connectivity index (χ3n) is 3.84. The van der Waals surface area contributed by atoms with Gasteiger partial charge < -0.3 is 0 Å². The van der Waals surface area contributed by atoms with E-state index >= 15 is 0 Å². The van der Waals surface area contributed by atoms with Crippen LogP contribution in [0.5, 0.6) is 0 Å². The van der Waals surface area contributed by atoms with Gasteiger partial charge in [-0.3, -0.25) is 14.9 Å². The Bertz CT molecular complexity index is 1180. The topological polar surface area (TPSA) is 130 Å². The Labute approximate surface area is 155 Å². The number of nitrogens with zero attached hydrogens (tertiary/aromatic N) is 7. The lowest BCUT2D eigenvalue weighted by Gasteiger charge is -2.13. The van der Waals surface area contributed by atoms with Gasteiger partial charge in [0.2, 0.25) is 11.6 Å². The lowest BCUT2D eigenvalue weighted by atomic mass is 10.1. The second-order valence-electron chi connectivity index (χ2n) is 5.84. The average molecular weight is 392 g/mol. The lowest BCUT2D eigenvalue weighted by Crippen LogP contribution is -2.44. The molecule has 0 aliphatic rings. The van der Waals surface area contributed by atoms with Gasteiger partial charge in [0.05, 0.1) is 5.69 Å². The Hall–Kier alpha value is -3.77. The van der Waals surface area contributed by atoms with E-state index in [2.05, 4.69) is 25.9 Å². The van der Waals surface area contributed by atoms with E-state index in [0.717, 1.165) is 10.7 Å². The fourth-order valence-electron chi connectivity index (χ4n) is 2.48. The second-order valence-corrected chi connectivity index (χ2v) is 5.84. The van der Waals surface area contributed by atoms with Crippen LogP contribution in [0.3, 0.4) is 0 Å². The zero-order valence-corrected chi connectivity index (χ0v) is 14.9. The number of alkyl halides is 2. The van der Waals surface area contributed by atoms with Gasteiger partial charge in [-0.25, -0.2) is 27.5 Å². The Balaban J connectivity index is 2.20. The van der Waals surface area contributed by atoms with E-state index in [-0.39, 0.29) is 11.6 Å². The molecule has 2 aromatic heterocycles. The molecule has 0 fully saturated rings. The van der Waals surface area contributed by atoms with Gasteiger partial charge in [0.15, 0.2) is 0 Å². The van der Waals surface area contributed by atoms with Crippen molar-refractivity contribution in [3.63, 3.8) is 0 Å². The highest BCUT2D eigenvalue weighted by molar-refractivity contribution is 6.01. The number of anilines is 1. The van der Waals surface area contributed by atoms with Crippen LogP contribution >= 0.6 is 0 Å². The molecule has 0 spiro atoms. The molecule has 28 heavy (non-hydrogen) atoms. The van der Waals surface area contributed by atoms with Crippen LogP contribution in [0, 0.1) is 6.92 Å². The van der Waals surface area contributed by atoms with Crippen LogP contribution in [0.25, 0.3) is 5.69 Å². The largest absolute Gasteiger partial charge is 0.351 e. The van der Waals surface area contributed by atoms with Crippen molar-refractivity contribution in [2.24, 2.45) is 14.1 Å². The number of nitrogens with one attached hydrogen (secondary N) is 1. The van der Waals surface area contributed by atoms with Crippen molar-refractivity contribution in [2.75, 3.05) is 5.32 Å². The summed E-state index contributed by atoms with van der Waals surface area (Å²) in [5.41, 5.74) is -3.15. The molecule has 0 radical (unpaired) electrons. The summed E-state index contributed by atoms with van der Waals surface area (Å²) in [5.74, 6) is -1.08. The number of benzene rings is 1. The number of aryl methyl sites for hydroxylation is 3. The number of rotatable bonds is 4. The van der Waals surface area contributed by atoms with Crippen LogP contribution in [0.2, 0.25) is 0 Å². The van der Waals surface area contributed by atoms with E-state index < -0.39 is 34.8 Å². The van der Waals surface area contributed by atoms with Crippen LogP contribution in [-0.2, 0) is 14.1 Å². The molecule has 0 saturated carbocycles. The molecular formula is C15H14F2N8O3. The van der Waals surface area contributed by atoms with E-state index in [4.69, 9.17) is 0 Å². The Morgan fingerprint density at radius 3 is 2.50 bits per heavy atom. The van der Waals surface area contributed by atoms with Crippen LogP contribution in [0.1, 0.15) is 28.0 Å². The summed E-state index contributed by atoms with van der Waals surface area (Å²) >= 11 is 0. The van der Waals surface area contributed by atoms with E-state index in [0.29, 0.717) is 14.8 Å². The number of carbonyl (C=O) groups excluding carboxylic acids is 1. The third-order valence-corrected chi connectivity index (χ3v) is 3.84. The fraction of sp³-hybridized carbons (Fsp3) is 0.267. The zero-order valence-electron chi connectivity index (χ0n) is 14.9. The summed E-state index contributed by atoms with van der Waals surface area (Å²) in [4.78, 5) is 37.7. The molecule has 1 amide bonds. The second kappa shape index (κ2) is 7.09. The molecule has 0 bridgehead atoms. The van der Waals surface area contributed by atoms with Gasteiger partial charge in [0, 0.05) is 19.7 Å². The van der Waals surface area contributed by atoms with Crippen molar-refractivity contribution in [3.05, 3.63) is 55.9 Å². The molecule has 0 unspecified atom stereocenters. The van der Waals surface area contributed by atoms with Gasteiger partial charge in [-0.1, -0.05) is 16.7 Å². The maximum Gasteiger partial charge on any atom is 0.351 e. The lowest BCUT2D eigenvalue weighted by molar-refractivity contribution is 0.101. The predicted octanol–water partition coefficient (Wildman–Crippen LogP) is -0.0470. The van der Waals surface area contributed by atoms with Gasteiger partial charge in [-0.2, -0.15) is 5.10 Å². The molecule has 0 atom stereocenters. The number of carbonyl (C=O) groups is 1. The first kappa shape index (κ1) is 19.0. The maximum atomic E-state index is 13.5. The first-order chi connectivity index (χ1) is 13.2. The molecule has 1 aromatic carbocycles. The quantitative estimate of drug-likeness (QED) is 0.659. The summed E-state index contributed by atoms with van der Waals surface area (Å²) in [6, 6.07) is 3.85. The summed E-state index contributed by atoms with van der Waals surface area (Å²) < 4.78 is 29.3. The van der Waals surface area contributed by atoms with E-state index in [1.807, 2.05) is 0 Å². The van der Waals surface area contributed by atoms with E-state index in [9.17, 15) is 23.2 Å². The van der Waals surface area contributed by atoms with Crippen molar-refractivity contribution in [3.8, 4) is 5.69 Å². The monoisotopic (exact) mass is 392 g/mol. The molecule has 11 nitrogen and oxygen atoms in total. The molecule has 2 heterocycles. The summed E-state index contributed by atoms with van der Waals surface area (Å²) in [6.07, 6.45) is -2.94. The van der Waals surface area contributed by atoms with Crippen molar-refractivity contribution >= 4 is 11.9 Å². The number of aromatic nitrogens is 7. The SMILES string of the molecule is Cc1ccc(-n2c(=O)c(C(=O)Nc3nnnn3C)nn(C)c2=O)c(C(F)F)c1. The normalized spacial score (nSPS) is 11.1.